The molecule has 0 aliphatic carbocycles. The molecule has 0 aromatic carbocycles. The van der Waals surface area contributed by atoms with E-state index in [2.05, 4.69) is 12.6 Å². The van der Waals surface area contributed by atoms with Crippen molar-refractivity contribution in [1.29, 1.82) is 0 Å². The van der Waals surface area contributed by atoms with Gasteiger partial charge in [0.1, 0.15) is 10.6 Å². The van der Waals surface area contributed by atoms with Crippen molar-refractivity contribution in [2.45, 2.75) is 11.2 Å². The van der Waals surface area contributed by atoms with Crippen LogP contribution in [0.2, 0.25) is 5.02 Å². The number of aromatic nitrogens is 1. The lowest BCUT2D eigenvalue weighted by Crippen LogP contribution is -2.30. The van der Waals surface area contributed by atoms with Crippen LogP contribution in [0.3, 0.4) is 0 Å². The van der Waals surface area contributed by atoms with Gasteiger partial charge in [0, 0.05) is 0 Å². The highest BCUT2D eigenvalue weighted by molar-refractivity contribution is 7.80. The molecule has 0 bridgehead atoms. The molecule has 0 saturated carbocycles. The van der Waals surface area contributed by atoms with Crippen LogP contribution in [0.5, 0.6) is 0 Å². The molecule has 2 nitrogen and oxygen atoms in total. The molecule has 0 spiro atoms. The van der Waals surface area contributed by atoms with E-state index in [0.29, 0.717) is 12.3 Å². The molecule has 1 aromatic rings. The van der Waals surface area contributed by atoms with Crippen LogP contribution in [-0.4, -0.2) is 0 Å². The minimum Gasteiger partial charge on any atom is -0.618 e. The molecule has 0 aliphatic heterocycles. The zero-order chi connectivity index (χ0) is 10.2. The molecule has 1 aromatic heterocycles. The molecule has 0 atom stereocenters. The summed E-state index contributed by atoms with van der Waals surface area (Å²) in [6.07, 6.45) is -4.19. The van der Waals surface area contributed by atoms with Crippen LogP contribution >= 0.6 is 24.2 Å². The van der Waals surface area contributed by atoms with Gasteiger partial charge in [-0.25, -0.2) is 0 Å². The molecule has 1 heterocycles. The van der Waals surface area contributed by atoms with E-state index in [1.54, 1.807) is 0 Å². The van der Waals surface area contributed by atoms with E-state index >= 15 is 0 Å². The van der Waals surface area contributed by atoms with Crippen molar-refractivity contribution in [3.05, 3.63) is 28.1 Å². The first-order valence-electron chi connectivity index (χ1n) is 3.01. The van der Waals surface area contributed by atoms with Crippen molar-refractivity contribution in [3.8, 4) is 0 Å². The average molecular weight is 230 g/mol. The summed E-state index contributed by atoms with van der Waals surface area (Å²) in [5.41, 5.74) is -1.09. The Balaban J connectivity index is 3.29. The normalized spacial score (nSPS) is 11.8. The molecule has 0 N–H and O–H groups in total. The van der Waals surface area contributed by atoms with E-state index in [9.17, 15) is 18.4 Å². The van der Waals surface area contributed by atoms with Crippen LogP contribution < -0.4 is 4.73 Å². The minimum atomic E-state index is -4.57. The van der Waals surface area contributed by atoms with E-state index < -0.39 is 11.7 Å². The average Bonchev–Trinajstić information content (AvgIpc) is 1.97. The maximum atomic E-state index is 12.0. The van der Waals surface area contributed by atoms with Gasteiger partial charge in [-0.1, -0.05) is 24.2 Å². The van der Waals surface area contributed by atoms with Gasteiger partial charge >= 0.3 is 6.18 Å². The van der Waals surface area contributed by atoms with E-state index in [0.717, 1.165) is 0 Å². The van der Waals surface area contributed by atoms with Crippen molar-refractivity contribution >= 4 is 24.2 Å². The first-order valence-corrected chi connectivity index (χ1v) is 3.84. The van der Waals surface area contributed by atoms with E-state index in [1.807, 2.05) is 0 Å². The second-order valence-corrected chi connectivity index (χ2v) is 3.05. The Morgan fingerprint density at radius 3 is 2.38 bits per heavy atom. The summed E-state index contributed by atoms with van der Waals surface area (Å²) in [4.78, 5) is 0. The first-order chi connectivity index (χ1) is 5.82. The summed E-state index contributed by atoms with van der Waals surface area (Å²) in [6, 6.07) is 0.651. The lowest BCUT2D eigenvalue weighted by atomic mass is 10.3. The number of nitrogens with zero attached hydrogens (tertiary/aromatic N) is 1. The second-order valence-electron chi connectivity index (χ2n) is 2.22. The standard InChI is InChI=1S/C6H3ClF3NOS/c7-4-1-3(6(8,9)10)2-11(12)5(4)13/h1-2,13H. The smallest absolute Gasteiger partial charge is 0.422 e. The fourth-order valence-corrected chi connectivity index (χ4v) is 1.01. The van der Waals surface area contributed by atoms with E-state index in [-0.39, 0.29) is 14.8 Å². The van der Waals surface area contributed by atoms with Crippen molar-refractivity contribution in [3.63, 3.8) is 0 Å². The van der Waals surface area contributed by atoms with Crippen molar-refractivity contribution in [2.75, 3.05) is 0 Å². The molecular formula is C6H3ClF3NOS. The Morgan fingerprint density at radius 1 is 1.46 bits per heavy atom. The molecule has 0 aliphatic rings. The van der Waals surface area contributed by atoms with Gasteiger partial charge in [-0.3, -0.25) is 0 Å². The highest BCUT2D eigenvalue weighted by atomic mass is 35.5. The fourth-order valence-electron chi connectivity index (χ4n) is 0.686. The molecule has 7 heteroatoms. The minimum absolute atomic E-state index is 0.0335. The summed E-state index contributed by atoms with van der Waals surface area (Å²) in [7, 11) is 0. The van der Waals surface area contributed by atoms with Crippen LogP contribution in [-0.2, 0) is 6.18 Å². The summed E-state index contributed by atoms with van der Waals surface area (Å²) in [5.74, 6) is 0. The maximum Gasteiger partial charge on any atom is 0.422 e. The molecular weight excluding hydrogens is 227 g/mol. The molecule has 0 amide bonds. The van der Waals surface area contributed by atoms with Crippen molar-refractivity contribution < 1.29 is 17.9 Å². The number of alkyl halides is 3. The van der Waals surface area contributed by atoms with Crippen LogP contribution in [0.25, 0.3) is 0 Å². The van der Waals surface area contributed by atoms with Gasteiger partial charge < -0.3 is 5.21 Å². The summed E-state index contributed by atoms with van der Waals surface area (Å²) in [5, 5.41) is 10.2. The third-order valence-corrected chi connectivity index (χ3v) is 2.15. The third-order valence-electron chi connectivity index (χ3n) is 1.29. The zero-order valence-electron chi connectivity index (χ0n) is 5.97. The molecule has 13 heavy (non-hydrogen) atoms. The Kier molecular flexibility index (Phi) is 2.63. The third kappa shape index (κ3) is 2.19. The highest BCUT2D eigenvalue weighted by Gasteiger charge is 2.34. The van der Waals surface area contributed by atoms with Gasteiger partial charge in [-0.05, 0) is 6.07 Å². The number of pyridine rings is 1. The molecule has 1 rings (SSSR count). The Bertz CT molecular complexity index is 318. The lowest BCUT2D eigenvalue weighted by Gasteiger charge is -2.07. The van der Waals surface area contributed by atoms with Gasteiger partial charge in [-0.2, -0.15) is 17.9 Å². The Morgan fingerprint density at radius 2 is 2.00 bits per heavy atom. The Hall–Kier alpha value is -0.620. The van der Waals surface area contributed by atoms with Crippen LogP contribution in [0.4, 0.5) is 13.2 Å². The predicted molar refractivity (Wildman–Crippen MR) is 42.7 cm³/mol. The monoisotopic (exact) mass is 229 g/mol. The number of rotatable bonds is 0. The predicted octanol–water partition coefficient (Wildman–Crippen LogP) is 2.28. The Labute approximate surface area is 81.9 Å². The lowest BCUT2D eigenvalue weighted by molar-refractivity contribution is -0.646. The first kappa shape index (κ1) is 10.5. The van der Waals surface area contributed by atoms with Gasteiger partial charge in [0.2, 0.25) is 0 Å². The van der Waals surface area contributed by atoms with Crippen LogP contribution in [0, 0.1) is 5.21 Å². The van der Waals surface area contributed by atoms with Crippen molar-refractivity contribution in [2.24, 2.45) is 0 Å². The summed E-state index contributed by atoms with van der Waals surface area (Å²) in [6.45, 7) is 0. The summed E-state index contributed by atoms with van der Waals surface area (Å²) >= 11 is 8.93. The number of hydrogen-bond acceptors (Lipinski definition) is 2. The SMILES string of the molecule is [O-][n+]1cc(C(F)(F)F)cc(Cl)c1S. The molecule has 0 radical (unpaired) electrons. The second kappa shape index (κ2) is 3.26. The van der Waals surface area contributed by atoms with Gasteiger partial charge in [-0.15, -0.1) is 0 Å². The highest BCUT2D eigenvalue weighted by Crippen LogP contribution is 2.30. The number of halogens is 4. The van der Waals surface area contributed by atoms with Crippen molar-refractivity contribution in [1.82, 2.24) is 0 Å². The largest absolute Gasteiger partial charge is 0.618 e. The molecule has 0 fully saturated rings. The van der Waals surface area contributed by atoms with E-state index in [4.69, 9.17) is 11.6 Å². The molecule has 72 valence electrons. The fraction of sp³-hybridized carbons (Fsp3) is 0.167. The van der Waals surface area contributed by atoms with Gasteiger partial charge in [0.25, 0.3) is 5.03 Å². The number of thiol groups is 1. The topological polar surface area (TPSA) is 26.9 Å². The zero-order valence-corrected chi connectivity index (χ0v) is 7.62. The molecule has 0 unspecified atom stereocenters. The maximum absolute atomic E-state index is 12.0. The number of hydrogen-bond donors (Lipinski definition) is 1. The quantitative estimate of drug-likeness (QED) is 0.412. The van der Waals surface area contributed by atoms with Crippen LogP contribution in [0.15, 0.2) is 17.3 Å². The molecule has 0 saturated heterocycles. The van der Waals surface area contributed by atoms with Crippen LogP contribution in [0.1, 0.15) is 5.56 Å². The van der Waals surface area contributed by atoms with Gasteiger partial charge in [0.15, 0.2) is 6.20 Å². The van der Waals surface area contributed by atoms with Gasteiger partial charge in [0.05, 0.1) is 0 Å². The summed E-state index contributed by atoms with van der Waals surface area (Å²) < 4.78 is 36.1. The van der Waals surface area contributed by atoms with E-state index in [1.165, 1.54) is 0 Å².